The number of carbonyl (C=O) groups is 1. The molecule has 0 bridgehead atoms. The van der Waals surface area contributed by atoms with Crippen molar-refractivity contribution in [3.8, 4) is 5.75 Å². The van der Waals surface area contributed by atoms with Crippen LogP contribution in [0.3, 0.4) is 0 Å². The number of nitrogens with zero attached hydrogens (tertiary/aromatic N) is 1. The Morgan fingerprint density at radius 2 is 1.78 bits per heavy atom. The van der Waals surface area contributed by atoms with Gasteiger partial charge in [-0.25, -0.2) is 0 Å². The maximum absolute atomic E-state index is 11.5. The predicted molar refractivity (Wildman–Crippen MR) is 110 cm³/mol. The molecule has 3 rings (SSSR count). The molecule has 0 aliphatic heterocycles. The van der Waals surface area contributed by atoms with Gasteiger partial charge in [-0.05, 0) is 55.3 Å². The lowest BCUT2D eigenvalue weighted by molar-refractivity contribution is -0.138. The van der Waals surface area contributed by atoms with Crippen LogP contribution in [0.2, 0.25) is 0 Å². The molecule has 0 amide bonds. The van der Waals surface area contributed by atoms with Crippen LogP contribution in [0.15, 0.2) is 59.8 Å². The maximum Gasteiger partial charge on any atom is 0.319 e. The van der Waals surface area contributed by atoms with Crippen LogP contribution in [0.1, 0.15) is 25.0 Å². The highest BCUT2D eigenvalue weighted by molar-refractivity contribution is 8.01. The van der Waals surface area contributed by atoms with Gasteiger partial charge in [0.05, 0.1) is 7.11 Å². The van der Waals surface area contributed by atoms with Crippen LogP contribution in [-0.4, -0.2) is 27.9 Å². The van der Waals surface area contributed by atoms with Gasteiger partial charge in [-0.15, -0.1) is 11.8 Å². The van der Waals surface area contributed by atoms with Crippen LogP contribution in [0.5, 0.6) is 5.75 Å². The quantitative estimate of drug-likeness (QED) is 0.585. The van der Waals surface area contributed by atoms with Gasteiger partial charge < -0.3 is 9.84 Å². The smallest absolute Gasteiger partial charge is 0.319 e. The Kier molecular flexibility index (Phi) is 5.71. The van der Waals surface area contributed by atoms with Crippen LogP contribution >= 0.6 is 11.8 Å². The van der Waals surface area contributed by atoms with Crippen molar-refractivity contribution in [3.05, 3.63) is 66.0 Å². The van der Waals surface area contributed by atoms with Crippen molar-refractivity contribution in [2.45, 2.75) is 36.3 Å². The Hall–Kier alpha value is -2.53. The van der Waals surface area contributed by atoms with Crippen LogP contribution in [-0.2, 0) is 17.6 Å². The Bertz CT molecular complexity index is 969. The van der Waals surface area contributed by atoms with Crippen molar-refractivity contribution in [1.29, 1.82) is 0 Å². The SMILES string of the molecule is COc1ccc(CCc2cnccc2SC(C)(C)C(=O)O)c2ccccc12. The standard InChI is InChI=1S/C22H23NO3S/c1-22(2,21(24)25)27-20-12-13-23-14-16(20)9-8-15-10-11-19(26-3)18-7-5-4-6-17(15)18/h4-7,10-14H,8-9H2,1-3H3,(H,24,25). The van der Waals surface area contributed by atoms with Crippen LogP contribution < -0.4 is 4.74 Å². The lowest BCUT2D eigenvalue weighted by Gasteiger charge is -2.20. The summed E-state index contributed by atoms with van der Waals surface area (Å²) in [4.78, 5) is 16.7. The van der Waals surface area contributed by atoms with E-state index in [9.17, 15) is 9.90 Å². The van der Waals surface area contributed by atoms with E-state index in [2.05, 4.69) is 23.2 Å². The zero-order valence-electron chi connectivity index (χ0n) is 15.7. The molecule has 0 aliphatic rings. The number of ether oxygens (including phenoxy) is 1. The average Bonchev–Trinajstić information content (AvgIpc) is 2.66. The third-order valence-corrected chi connectivity index (χ3v) is 5.90. The number of fused-ring (bicyclic) bond motifs is 1. The molecule has 0 atom stereocenters. The summed E-state index contributed by atoms with van der Waals surface area (Å²) in [7, 11) is 1.69. The van der Waals surface area contributed by atoms with Crippen LogP contribution in [0, 0.1) is 0 Å². The first-order chi connectivity index (χ1) is 12.9. The van der Waals surface area contributed by atoms with Crippen LogP contribution in [0.4, 0.5) is 0 Å². The summed E-state index contributed by atoms with van der Waals surface area (Å²) in [5.74, 6) is 0.0478. The topological polar surface area (TPSA) is 59.4 Å². The molecule has 0 saturated heterocycles. The highest BCUT2D eigenvalue weighted by Crippen LogP contribution is 2.35. The fourth-order valence-corrected chi connectivity index (χ4v) is 4.07. The van der Waals surface area contributed by atoms with Gasteiger partial charge in [0.25, 0.3) is 0 Å². The summed E-state index contributed by atoms with van der Waals surface area (Å²) in [6, 6.07) is 14.2. The van der Waals surface area contributed by atoms with E-state index < -0.39 is 10.7 Å². The van der Waals surface area contributed by atoms with Gasteiger partial charge in [0.15, 0.2) is 0 Å². The maximum atomic E-state index is 11.5. The Morgan fingerprint density at radius 3 is 2.48 bits per heavy atom. The number of pyridine rings is 1. The molecule has 2 aromatic carbocycles. The first kappa shape index (κ1) is 19.2. The van der Waals surface area contributed by atoms with Crippen molar-refractivity contribution < 1.29 is 14.6 Å². The number of benzene rings is 2. The number of hydrogen-bond acceptors (Lipinski definition) is 4. The molecule has 0 spiro atoms. The molecule has 4 nitrogen and oxygen atoms in total. The molecule has 3 aromatic rings. The fourth-order valence-electron chi connectivity index (χ4n) is 3.02. The largest absolute Gasteiger partial charge is 0.496 e. The molecule has 140 valence electrons. The second kappa shape index (κ2) is 8.01. The second-order valence-corrected chi connectivity index (χ2v) is 8.54. The predicted octanol–water partition coefficient (Wildman–Crippen LogP) is 4.98. The van der Waals surface area contributed by atoms with Gasteiger partial charge in [-0.1, -0.05) is 30.3 Å². The van der Waals surface area contributed by atoms with Crippen molar-refractivity contribution in [3.63, 3.8) is 0 Å². The third kappa shape index (κ3) is 4.25. The van der Waals surface area contributed by atoms with Gasteiger partial charge in [0, 0.05) is 22.7 Å². The highest BCUT2D eigenvalue weighted by Gasteiger charge is 2.29. The second-order valence-electron chi connectivity index (χ2n) is 6.87. The number of rotatable bonds is 7. The van der Waals surface area contributed by atoms with Crippen molar-refractivity contribution in [1.82, 2.24) is 4.98 Å². The molecule has 0 saturated carbocycles. The van der Waals surface area contributed by atoms with Crippen molar-refractivity contribution >= 4 is 28.5 Å². The minimum Gasteiger partial charge on any atom is -0.496 e. The Morgan fingerprint density at radius 1 is 1.07 bits per heavy atom. The molecule has 5 heteroatoms. The number of carboxylic acid groups (broad SMARTS) is 1. The number of aromatic nitrogens is 1. The van der Waals surface area contributed by atoms with E-state index in [1.807, 2.05) is 30.5 Å². The zero-order chi connectivity index (χ0) is 19.4. The zero-order valence-corrected chi connectivity index (χ0v) is 16.5. The molecule has 1 aromatic heterocycles. The van der Waals surface area contributed by atoms with Crippen molar-refractivity contribution in [2.75, 3.05) is 7.11 Å². The molecule has 0 radical (unpaired) electrons. The summed E-state index contributed by atoms with van der Waals surface area (Å²) >= 11 is 1.37. The number of thioether (sulfide) groups is 1. The van der Waals surface area contributed by atoms with Gasteiger partial charge in [-0.3, -0.25) is 9.78 Å². The lowest BCUT2D eigenvalue weighted by Crippen LogP contribution is -2.27. The third-order valence-electron chi connectivity index (χ3n) is 4.60. The Balaban J connectivity index is 1.86. The van der Waals surface area contributed by atoms with E-state index in [0.717, 1.165) is 34.4 Å². The minimum atomic E-state index is -0.886. The molecule has 0 fully saturated rings. The molecule has 0 unspecified atom stereocenters. The molecular formula is C22H23NO3S. The molecule has 1 N–H and O–H groups in total. The Labute approximate surface area is 163 Å². The van der Waals surface area contributed by atoms with Gasteiger partial charge in [0.1, 0.15) is 10.5 Å². The summed E-state index contributed by atoms with van der Waals surface area (Å²) in [6.45, 7) is 3.45. The van der Waals surface area contributed by atoms with Gasteiger partial charge in [0.2, 0.25) is 0 Å². The van der Waals surface area contributed by atoms with E-state index in [1.54, 1.807) is 27.2 Å². The van der Waals surface area contributed by atoms with E-state index in [4.69, 9.17) is 4.74 Å². The van der Waals surface area contributed by atoms with Gasteiger partial charge >= 0.3 is 5.97 Å². The number of methoxy groups -OCH3 is 1. The normalized spacial score (nSPS) is 11.5. The average molecular weight is 381 g/mol. The van der Waals surface area contributed by atoms with E-state index in [-0.39, 0.29) is 0 Å². The molecular weight excluding hydrogens is 358 g/mol. The monoisotopic (exact) mass is 381 g/mol. The number of aliphatic carboxylic acids is 1. The fraction of sp³-hybridized carbons (Fsp3) is 0.273. The first-order valence-corrected chi connectivity index (χ1v) is 9.64. The van der Waals surface area contributed by atoms with E-state index >= 15 is 0 Å². The molecule has 0 aliphatic carbocycles. The van der Waals surface area contributed by atoms with Gasteiger partial charge in [-0.2, -0.15) is 0 Å². The summed E-state index contributed by atoms with van der Waals surface area (Å²) < 4.78 is 4.59. The molecule has 1 heterocycles. The number of carboxylic acids is 1. The molecule has 27 heavy (non-hydrogen) atoms. The summed E-state index contributed by atoms with van der Waals surface area (Å²) in [5, 5.41) is 11.7. The van der Waals surface area contributed by atoms with E-state index in [0.29, 0.717) is 0 Å². The summed E-state index contributed by atoms with van der Waals surface area (Å²) in [6.07, 6.45) is 5.19. The van der Waals surface area contributed by atoms with E-state index in [1.165, 1.54) is 22.7 Å². The number of hydrogen-bond donors (Lipinski definition) is 1. The minimum absolute atomic E-state index is 0.794. The van der Waals surface area contributed by atoms with Crippen molar-refractivity contribution in [2.24, 2.45) is 0 Å². The summed E-state index contributed by atoms with van der Waals surface area (Å²) in [5.41, 5.74) is 2.31. The lowest BCUT2D eigenvalue weighted by atomic mass is 9.98. The van der Waals surface area contributed by atoms with Crippen LogP contribution in [0.25, 0.3) is 10.8 Å². The first-order valence-electron chi connectivity index (χ1n) is 8.82. The number of aryl methyl sites for hydroxylation is 2. The highest BCUT2D eigenvalue weighted by atomic mass is 32.2.